The first-order valence-corrected chi connectivity index (χ1v) is 6.46. The first-order valence-electron chi connectivity index (χ1n) is 6.46. The Balaban J connectivity index is 2.10. The van der Waals surface area contributed by atoms with E-state index in [1.807, 2.05) is 19.1 Å². The second kappa shape index (κ2) is 5.06. The number of carbonyl (C=O) groups is 1. The summed E-state index contributed by atoms with van der Waals surface area (Å²) in [5, 5.41) is 6.29. The number of rotatable bonds is 2. The van der Waals surface area contributed by atoms with Crippen molar-refractivity contribution < 1.29 is 4.79 Å². The van der Waals surface area contributed by atoms with Gasteiger partial charge in [0.2, 0.25) is 5.91 Å². The van der Waals surface area contributed by atoms with E-state index >= 15 is 0 Å². The Morgan fingerprint density at radius 3 is 3.00 bits per heavy atom. The zero-order valence-corrected chi connectivity index (χ0v) is 11.3. The fourth-order valence-electron chi connectivity index (χ4n) is 2.48. The van der Waals surface area contributed by atoms with E-state index in [1.165, 1.54) is 0 Å². The minimum Gasteiger partial charge on any atom is -0.323 e. The molecule has 1 aliphatic rings. The summed E-state index contributed by atoms with van der Waals surface area (Å²) < 4.78 is 0. The van der Waals surface area contributed by atoms with Crippen LogP contribution in [0, 0.1) is 12.3 Å². The number of aryl methyl sites for hydroxylation is 1. The standard InChI is InChI=1S/C14H21N3O/c1-10-11(6-4-8-15-10)17-13(18)12-14(2,3)7-5-9-16-12/h4,6,8,12,16H,5,7,9H2,1-3H3,(H,17,18). The molecule has 0 spiro atoms. The lowest BCUT2D eigenvalue weighted by Gasteiger charge is -2.38. The van der Waals surface area contributed by atoms with Crippen molar-refractivity contribution >= 4 is 11.6 Å². The van der Waals surface area contributed by atoms with E-state index in [0.29, 0.717) is 0 Å². The quantitative estimate of drug-likeness (QED) is 0.841. The van der Waals surface area contributed by atoms with Crippen molar-refractivity contribution in [3.8, 4) is 0 Å². The van der Waals surface area contributed by atoms with Crippen LogP contribution in [0.4, 0.5) is 5.69 Å². The highest BCUT2D eigenvalue weighted by atomic mass is 16.2. The Morgan fingerprint density at radius 2 is 2.33 bits per heavy atom. The molecule has 0 radical (unpaired) electrons. The Kier molecular flexibility index (Phi) is 3.66. The van der Waals surface area contributed by atoms with Crippen molar-refractivity contribution in [1.29, 1.82) is 0 Å². The van der Waals surface area contributed by atoms with Crippen molar-refractivity contribution in [2.45, 2.75) is 39.7 Å². The number of anilines is 1. The van der Waals surface area contributed by atoms with Gasteiger partial charge in [-0.25, -0.2) is 0 Å². The average molecular weight is 247 g/mol. The summed E-state index contributed by atoms with van der Waals surface area (Å²) in [5.74, 6) is 0.0378. The number of hydrogen-bond donors (Lipinski definition) is 2. The van der Waals surface area contributed by atoms with Crippen LogP contribution in [0.1, 0.15) is 32.4 Å². The Bertz CT molecular complexity index is 442. The number of hydrogen-bond acceptors (Lipinski definition) is 3. The summed E-state index contributed by atoms with van der Waals surface area (Å²) in [7, 11) is 0. The first kappa shape index (κ1) is 13.0. The van der Waals surface area contributed by atoms with Gasteiger partial charge >= 0.3 is 0 Å². The fourth-order valence-corrected chi connectivity index (χ4v) is 2.48. The molecule has 1 saturated heterocycles. The molecule has 0 aliphatic carbocycles. The van der Waals surface area contributed by atoms with E-state index in [1.54, 1.807) is 6.20 Å². The van der Waals surface area contributed by atoms with E-state index in [4.69, 9.17) is 0 Å². The molecule has 1 aliphatic heterocycles. The van der Waals surface area contributed by atoms with Crippen LogP contribution in [-0.2, 0) is 4.79 Å². The van der Waals surface area contributed by atoms with Gasteiger partial charge in [-0.2, -0.15) is 0 Å². The Morgan fingerprint density at radius 1 is 1.56 bits per heavy atom. The predicted molar refractivity (Wildman–Crippen MR) is 72.4 cm³/mol. The lowest BCUT2D eigenvalue weighted by Crippen LogP contribution is -2.53. The molecule has 98 valence electrons. The van der Waals surface area contributed by atoms with Crippen LogP contribution in [0.2, 0.25) is 0 Å². The highest BCUT2D eigenvalue weighted by molar-refractivity contribution is 5.95. The monoisotopic (exact) mass is 247 g/mol. The summed E-state index contributed by atoms with van der Waals surface area (Å²) in [4.78, 5) is 16.5. The zero-order valence-electron chi connectivity index (χ0n) is 11.3. The third kappa shape index (κ3) is 2.70. The predicted octanol–water partition coefficient (Wildman–Crippen LogP) is 2.11. The molecule has 2 rings (SSSR count). The maximum atomic E-state index is 12.3. The van der Waals surface area contributed by atoms with Gasteiger partial charge in [-0.1, -0.05) is 13.8 Å². The molecule has 1 unspecified atom stereocenters. The molecule has 4 heteroatoms. The molecule has 1 amide bonds. The van der Waals surface area contributed by atoms with Crippen LogP contribution < -0.4 is 10.6 Å². The molecule has 0 aromatic carbocycles. The van der Waals surface area contributed by atoms with E-state index in [0.717, 1.165) is 30.8 Å². The summed E-state index contributed by atoms with van der Waals surface area (Å²) in [5.41, 5.74) is 1.64. The zero-order chi connectivity index (χ0) is 13.2. The molecule has 18 heavy (non-hydrogen) atoms. The fraction of sp³-hybridized carbons (Fsp3) is 0.571. The summed E-state index contributed by atoms with van der Waals surface area (Å²) in [6, 6.07) is 3.59. The van der Waals surface area contributed by atoms with Crippen LogP contribution >= 0.6 is 0 Å². The normalized spacial score (nSPS) is 22.5. The number of carbonyl (C=O) groups excluding carboxylic acids is 1. The molecule has 0 bridgehead atoms. The molecule has 1 aromatic heterocycles. The van der Waals surface area contributed by atoms with Crippen molar-refractivity contribution in [2.24, 2.45) is 5.41 Å². The first-order chi connectivity index (χ1) is 8.50. The number of piperidine rings is 1. The maximum absolute atomic E-state index is 12.3. The second-order valence-corrected chi connectivity index (χ2v) is 5.60. The molecular weight excluding hydrogens is 226 g/mol. The van der Waals surface area contributed by atoms with Crippen LogP contribution in [0.25, 0.3) is 0 Å². The van der Waals surface area contributed by atoms with Crippen molar-refractivity contribution in [2.75, 3.05) is 11.9 Å². The molecule has 4 nitrogen and oxygen atoms in total. The lowest BCUT2D eigenvalue weighted by molar-refractivity contribution is -0.121. The summed E-state index contributed by atoms with van der Waals surface area (Å²) >= 11 is 0. The molecule has 1 aromatic rings. The SMILES string of the molecule is Cc1ncccc1NC(=O)C1NCCCC1(C)C. The van der Waals surface area contributed by atoms with Crippen LogP contribution in [0.5, 0.6) is 0 Å². The smallest absolute Gasteiger partial charge is 0.242 e. The minimum atomic E-state index is -0.133. The molecule has 2 N–H and O–H groups in total. The van der Waals surface area contributed by atoms with E-state index in [-0.39, 0.29) is 17.4 Å². The molecule has 1 fully saturated rings. The van der Waals surface area contributed by atoms with E-state index in [9.17, 15) is 4.79 Å². The van der Waals surface area contributed by atoms with Gasteiger partial charge in [-0.15, -0.1) is 0 Å². The number of aromatic nitrogens is 1. The minimum absolute atomic E-state index is 0.00154. The van der Waals surface area contributed by atoms with Gasteiger partial charge in [0.1, 0.15) is 0 Å². The van der Waals surface area contributed by atoms with E-state index < -0.39 is 0 Å². The van der Waals surface area contributed by atoms with Gasteiger partial charge in [0.05, 0.1) is 17.4 Å². The van der Waals surface area contributed by atoms with Crippen LogP contribution in [0.15, 0.2) is 18.3 Å². The largest absolute Gasteiger partial charge is 0.323 e. The topological polar surface area (TPSA) is 54.0 Å². The Labute approximate surface area is 108 Å². The molecular formula is C14H21N3O. The third-order valence-electron chi connectivity index (χ3n) is 3.65. The maximum Gasteiger partial charge on any atom is 0.242 e. The number of nitrogens with one attached hydrogen (secondary N) is 2. The number of pyridine rings is 1. The van der Waals surface area contributed by atoms with Crippen LogP contribution in [0.3, 0.4) is 0 Å². The van der Waals surface area contributed by atoms with Gasteiger partial charge in [-0.3, -0.25) is 9.78 Å². The molecule has 1 atom stereocenters. The van der Waals surface area contributed by atoms with Gasteiger partial charge in [0.15, 0.2) is 0 Å². The van der Waals surface area contributed by atoms with Crippen molar-refractivity contribution in [3.05, 3.63) is 24.0 Å². The average Bonchev–Trinajstić information content (AvgIpc) is 2.31. The highest BCUT2D eigenvalue weighted by Gasteiger charge is 2.37. The summed E-state index contributed by atoms with van der Waals surface area (Å²) in [6.45, 7) is 7.08. The van der Waals surface area contributed by atoms with Crippen LogP contribution in [-0.4, -0.2) is 23.5 Å². The third-order valence-corrected chi connectivity index (χ3v) is 3.65. The Hall–Kier alpha value is -1.42. The van der Waals surface area contributed by atoms with Gasteiger partial charge in [0, 0.05) is 6.20 Å². The molecule has 2 heterocycles. The second-order valence-electron chi connectivity index (χ2n) is 5.60. The number of amides is 1. The van der Waals surface area contributed by atoms with Gasteiger partial charge in [0.25, 0.3) is 0 Å². The lowest BCUT2D eigenvalue weighted by atomic mass is 9.77. The number of nitrogens with zero attached hydrogens (tertiary/aromatic N) is 1. The summed E-state index contributed by atoms with van der Waals surface area (Å²) in [6.07, 6.45) is 3.93. The highest BCUT2D eigenvalue weighted by Crippen LogP contribution is 2.30. The van der Waals surface area contributed by atoms with Gasteiger partial charge in [-0.05, 0) is 43.9 Å². The molecule has 0 saturated carbocycles. The van der Waals surface area contributed by atoms with Crippen molar-refractivity contribution in [1.82, 2.24) is 10.3 Å². The van der Waals surface area contributed by atoms with Gasteiger partial charge < -0.3 is 10.6 Å². The van der Waals surface area contributed by atoms with Crippen molar-refractivity contribution in [3.63, 3.8) is 0 Å². The van der Waals surface area contributed by atoms with E-state index in [2.05, 4.69) is 29.5 Å².